The van der Waals surface area contributed by atoms with Gasteiger partial charge in [0.15, 0.2) is 0 Å². The Morgan fingerprint density at radius 2 is 1.94 bits per heavy atom. The lowest BCUT2D eigenvalue weighted by molar-refractivity contribution is -0.119. The van der Waals surface area contributed by atoms with Crippen molar-refractivity contribution in [1.82, 2.24) is 0 Å². The summed E-state index contributed by atoms with van der Waals surface area (Å²) in [6.07, 6.45) is 7.13. The van der Waals surface area contributed by atoms with Crippen molar-refractivity contribution < 1.29 is 4.79 Å². The lowest BCUT2D eigenvalue weighted by atomic mass is 10.0. The van der Waals surface area contributed by atoms with Crippen LogP contribution in [0.3, 0.4) is 0 Å². The van der Waals surface area contributed by atoms with Gasteiger partial charge in [0.1, 0.15) is 5.78 Å². The fraction of sp³-hybridized carbons (Fsp3) is 0.562. The number of carbonyl (C=O) groups excluding carboxylic acids is 1. The van der Waals surface area contributed by atoms with Gasteiger partial charge in [-0.1, -0.05) is 56.0 Å². The molecule has 17 heavy (non-hydrogen) atoms. The highest BCUT2D eigenvalue weighted by molar-refractivity contribution is 5.78. The van der Waals surface area contributed by atoms with Gasteiger partial charge in [0.25, 0.3) is 0 Å². The molecule has 0 atom stereocenters. The molecule has 0 aliphatic rings. The quantitative estimate of drug-likeness (QED) is 0.604. The van der Waals surface area contributed by atoms with Gasteiger partial charge >= 0.3 is 0 Å². The maximum atomic E-state index is 11.7. The third-order valence-electron chi connectivity index (χ3n) is 3.08. The second kappa shape index (κ2) is 8.05. The van der Waals surface area contributed by atoms with E-state index in [1.165, 1.54) is 30.4 Å². The second-order valence-corrected chi connectivity index (χ2v) is 4.84. The van der Waals surface area contributed by atoms with Gasteiger partial charge in [-0.2, -0.15) is 0 Å². The number of hydrogen-bond donors (Lipinski definition) is 0. The van der Waals surface area contributed by atoms with Gasteiger partial charge in [-0.3, -0.25) is 4.79 Å². The Hall–Kier alpha value is -1.11. The smallest absolute Gasteiger partial charge is 0.133 e. The molecule has 0 aromatic heterocycles. The fourth-order valence-corrected chi connectivity index (χ4v) is 2.03. The normalized spacial score (nSPS) is 10.5. The minimum absolute atomic E-state index is 0.419. The highest BCUT2D eigenvalue weighted by atomic mass is 16.1. The van der Waals surface area contributed by atoms with Crippen LogP contribution in [0.5, 0.6) is 0 Å². The predicted octanol–water partition coefficient (Wildman–Crippen LogP) is 4.47. The first-order valence-corrected chi connectivity index (χ1v) is 6.79. The van der Waals surface area contributed by atoms with Crippen LogP contribution in [0, 0.1) is 6.92 Å². The van der Waals surface area contributed by atoms with Crippen LogP contribution in [0.15, 0.2) is 24.3 Å². The molecule has 0 amide bonds. The summed E-state index contributed by atoms with van der Waals surface area (Å²) in [5.41, 5.74) is 2.56. The molecular formula is C16H24O. The van der Waals surface area contributed by atoms with Crippen LogP contribution in [0.2, 0.25) is 0 Å². The average molecular weight is 232 g/mol. The van der Waals surface area contributed by atoms with Gasteiger partial charge in [0.05, 0.1) is 0 Å². The minimum atomic E-state index is 0.419. The molecule has 0 heterocycles. The number of unbranched alkanes of at least 4 members (excludes halogenated alkanes) is 3. The molecule has 94 valence electrons. The zero-order valence-corrected chi connectivity index (χ0v) is 11.2. The van der Waals surface area contributed by atoms with E-state index < -0.39 is 0 Å². The summed E-state index contributed by atoms with van der Waals surface area (Å²) in [6.45, 7) is 4.29. The number of benzene rings is 1. The van der Waals surface area contributed by atoms with Crippen LogP contribution in [-0.4, -0.2) is 5.78 Å². The van der Waals surface area contributed by atoms with Crippen LogP contribution in [0.1, 0.15) is 56.6 Å². The highest BCUT2D eigenvalue weighted by Crippen LogP contribution is 2.09. The fourth-order valence-electron chi connectivity index (χ4n) is 2.03. The summed E-state index contributed by atoms with van der Waals surface area (Å²) in [5, 5.41) is 0. The molecule has 0 N–H and O–H groups in total. The number of aryl methyl sites for hydroxylation is 2. The molecule has 0 saturated heterocycles. The van der Waals surface area contributed by atoms with Crippen molar-refractivity contribution in [3.8, 4) is 0 Å². The van der Waals surface area contributed by atoms with E-state index in [0.717, 1.165) is 19.3 Å². The van der Waals surface area contributed by atoms with Crippen LogP contribution < -0.4 is 0 Å². The van der Waals surface area contributed by atoms with Crippen molar-refractivity contribution >= 4 is 5.78 Å². The summed E-state index contributed by atoms with van der Waals surface area (Å²) in [7, 11) is 0. The maximum absolute atomic E-state index is 11.7. The minimum Gasteiger partial charge on any atom is -0.300 e. The van der Waals surface area contributed by atoms with E-state index in [0.29, 0.717) is 12.2 Å². The second-order valence-electron chi connectivity index (χ2n) is 4.84. The van der Waals surface area contributed by atoms with E-state index in [-0.39, 0.29) is 0 Å². The van der Waals surface area contributed by atoms with E-state index >= 15 is 0 Å². The Morgan fingerprint density at radius 1 is 1.12 bits per heavy atom. The predicted molar refractivity (Wildman–Crippen MR) is 73.3 cm³/mol. The van der Waals surface area contributed by atoms with Crippen molar-refractivity contribution in [3.63, 3.8) is 0 Å². The van der Waals surface area contributed by atoms with Gasteiger partial charge in [-0.25, -0.2) is 0 Å². The molecule has 1 rings (SSSR count). The molecule has 0 fully saturated rings. The third kappa shape index (κ3) is 6.25. The monoisotopic (exact) mass is 232 g/mol. The van der Waals surface area contributed by atoms with E-state index in [2.05, 4.69) is 38.1 Å². The third-order valence-corrected chi connectivity index (χ3v) is 3.08. The van der Waals surface area contributed by atoms with Crippen molar-refractivity contribution in [2.45, 2.75) is 58.8 Å². The molecule has 0 unspecified atom stereocenters. The zero-order valence-electron chi connectivity index (χ0n) is 11.2. The average Bonchev–Trinajstić information content (AvgIpc) is 2.32. The zero-order chi connectivity index (χ0) is 12.5. The molecule has 0 bridgehead atoms. The Kier molecular flexibility index (Phi) is 6.61. The van der Waals surface area contributed by atoms with Gasteiger partial charge in [-0.15, -0.1) is 0 Å². The Labute approximate surface area is 105 Å². The first-order chi connectivity index (χ1) is 8.22. The molecule has 0 aliphatic heterocycles. The molecule has 0 spiro atoms. The van der Waals surface area contributed by atoms with Gasteiger partial charge in [0, 0.05) is 12.8 Å². The number of rotatable bonds is 8. The number of ketones is 1. The summed E-state index contributed by atoms with van der Waals surface area (Å²) in [6, 6.07) is 8.44. The van der Waals surface area contributed by atoms with Crippen LogP contribution in [0.25, 0.3) is 0 Å². The summed E-state index contributed by atoms with van der Waals surface area (Å²) in [5.74, 6) is 0.419. The van der Waals surface area contributed by atoms with Crippen molar-refractivity contribution in [3.05, 3.63) is 35.4 Å². The van der Waals surface area contributed by atoms with Crippen LogP contribution >= 0.6 is 0 Å². The highest BCUT2D eigenvalue weighted by Gasteiger charge is 2.02. The standard InChI is InChI=1S/C16H24O/c1-3-4-5-6-10-16(17)12-11-15-9-7-8-14(2)13-15/h7-9,13H,3-6,10-12H2,1-2H3. The summed E-state index contributed by atoms with van der Waals surface area (Å²) < 4.78 is 0. The molecular weight excluding hydrogens is 208 g/mol. The first-order valence-electron chi connectivity index (χ1n) is 6.79. The van der Waals surface area contributed by atoms with Gasteiger partial charge < -0.3 is 0 Å². The topological polar surface area (TPSA) is 17.1 Å². The maximum Gasteiger partial charge on any atom is 0.133 e. The van der Waals surface area contributed by atoms with E-state index in [1.54, 1.807) is 0 Å². The summed E-state index contributed by atoms with van der Waals surface area (Å²) in [4.78, 5) is 11.7. The molecule has 1 heteroatoms. The van der Waals surface area contributed by atoms with Crippen LogP contribution in [0.4, 0.5) is 0 Å². The molecule has 0 saturated carbocycles. The molecule has 1 aromatic rings. The molecule has 1 aromatic carbocycles. The largest absolute Gasteiger partial charge is 0.300 e. The number of carbonyl (C=O) groups is 1. The summed E-state index contributed by atoms with van der Waals surface area (Å²) >= 11 is 0. The van der Waals surface area contributed by atoms with Gasteiger partial charge in [0.2, 0.25) is 0 Å². The van der Waals surface area contributed by atoms with Crippen molar-refractivity contribution in [2.75, 3.05) is 0 Å². The van der Waals surface area contributed by atoms with Crippen molar-refractivity contribution in [1.29, 1.82) is 0 Å². The Morgan fingerprint density at radius 3 is 2.65 bits per heavy atom. The Bertz CT molecular complexity index is 341. The molecule has 0 aliphatic carbocycles. The van der Waals surface area contributed by atoms with Crippen LogP contribution in [-0.2, 0) is 11.2 Å². The Balaban J connectivity index is 2.19. The first kappa shape index (κ1) is 14.0. The number of hydrogen-bond acceptors (Lipinski definition) is 1. The van der Waals surface area contributed by atoms with E-state index in [9.17, 15) is 4.79 Å². The molecule has 0 radical (unpaired) electrons. The van der Waals surface area contributed by atoms with Gasteiger partial charge in [-0.05, 0) is 25.3 Å². The lowest BCUT2D eigenvalue weighted by Crippen LogP contribution is -2.00. The van der Waals surface area contributed by atoms with E-state index in [4.69, 9.17) is 0 Å². The van der Waals surface area contributed by atoms with Crippen molar-refractivity contribution in [2.24, 2.45) is 0 Å². The van der Waals surface area contributed by atoms with E-state index in [1.807, 2.05) is 0 Å². The lowest BCUT2D eigenvalue weighted by Gasteiger charge is -2.03. The number of Topliss-reactive ketones (excluding diaryl/α,β-unsaturated/α-hetero) is 1. The molecule has 1 nitrogen and oxygen atoms in total. The SMILES string of the molecule is CCCCCCC(=O)CCc1cccc(C)c1.